The van der Waals surface area contributed by atoms with E-state index >= 15 is 0 Å². The third-order valence-corrected chi connectivity index (χ3v) is 10.0. The molecule has 1 saturated heterocycles. The predicted molar refractivity (Wildman–Crippen MR) is 193 cm³/mol. The minimum atomic E-state index is -1.37. The summed E-state index contributed by atoms with van der Waals surface area (Å²) in [4.78, 5) is 103. The Labute approximate surface area is 309 Å². The predicted octanol–water partition coefficient (Wildman–Crippen LogP) is 1.67. The van der Waals surface area contributed by atoms with Gasteiger partial charge in [0, 0.05) is 25.4 Å². The first-order valence-electron chi connectivity index (χ1n) is 18.3. The maximum atomic E-state index is 14.3. The number of benzene rings is 1. The number of fused-ring (bicyclic) bond motifs is 1. The molecule has 2 heterocycles. The molecule has 15 heteroatoms. The van der Waals surface area contributed by atoms with E-state index in [1.54, 1.807) is 65.0 Å². The lowest BCUT2D eigenvalue weighted by atomic mass is 9.92. The number of carbonyl (C=O) groups is 7. The van der Waals surface area contributed by atoms with Crippen molar-refractivity contribution in [3.63, 3.8) is 0 Å². The fraction of sp³-hybridized carbons (Fsp3) is 0.553. The van der Waals surface area contributed by atoms with E-state index in [0.717, 1.165) is 12.8 Å². The first-order valence-corrected chi connectivity index (χ1v) is 18.3. The summed E-state index contributed by atoms with van der Waals surface area (Å²) < 4.78 is 0. The minimum Gasteiger partial charge on any atom is -0.480 e. The van der Waals surface area contributed by atoms with E-state index in [2.05, 4.69) is 31.2 Å². The Bertz CT molecular complexity index is 1640. The van der Waals surface area contributed by atoms with Gasteiger partial charge in [-0.25, -0.2) is 9.78 Å². The number of aliphatic carboxylic acids is 1. The average molecular weight is 734 g/mol. The van der Waals surface area contributed by atoms with Crippen molar-refractivity contribution in [1.82, 2.24) is 36.1 Å². The molecule has 0 spiro atoms. The largest absolute Gasteiger partial charge is 0.480 e. The molecule has 1 aromatic heterocycles. The Morgan fingerprint density at radius 1 is 0.868 bits per heavy atom. The molecule has 5 N–H and O–H groups in total. The van der Waals surface area contributed by atoms with Crippen LogP contribution in [0, 0.1) is 23.7 Å². The van der Waals surface area contributed by atoms with Crippen LogP contribution < -0.4 is 21.3 Å². The number of Topliss-reactive ketones (excluding diaryl/α,β-unsaturated/α-hetero) is 1. The van der Waals surface area contributed by atoms with Gasteiger partial charge < -0.3 is 31.3 Å². The summed E-state index contributed by atoms with van der Waals surface area (Å²) in [7, 11) is 0. The first-order chi connectivity index (χ1) is 25.2. The van der Waals surface area contributed by atoms with Gasteiger partial charge in [-0.05, 0) is 48.5 Å². The summed E-state index contributed by atoms with van der Waals surface area (Å²) in [6.07, 6.45) is 6.93. The number of rotatable bonds is 17. The Balaban J connectivity index is 1.50. The van der Waals surface area contributed by atoms with E-state index in [4.69, 9.17) is 0 Å². The zero-order valence-electron chi connectivity index (χ0n) is 30.9. The van der Waals surface area contributed by atoms with E-state index in [1.165, 1.54) is 23.5 Å². The number of carboxylic acid groups (broad SMARTS) is 1. The molecule has 0 radical (unpaired) electrons. The van der Waals surface area contributed by atoms with Gasteiger partial charge in [0.2, 0.25) is 23.5 Å². The van der Waals surface area contributed by atoms with E-state index in [9.17, 15) is 38.7 Å². The van der Waals surface area contributed by atoms with E-state index < -0.39 is 77.4 Å². The molecule has 7 atom stereocenters. The summed E-state index contributed by atoms with van der Waals surface area (Å²) in [5.74, 6) is -6.53. The number of ketones is 1. The first kappa shape index (κ1) is 40.6. The van der Waals surface area contributed by atoms with Crippen LogP contribution in [0.25, 0.3) is 0 Å². The van der Waals surface area contributed by atoms with Crippen LogP contribution in [0.3, 0.4) is 0 Å². The molecule has 5 amide bonds. The highest BCUT2D eigenvalue weighted by atomic mass is 16.4. The molecule has 286 valence electrons. The van der Waals surface area contributed by atoms with Crippen LogP contribution in [0.5, 0.6) is 0 Å². The van der Waals surface area contributed by atoms with Crippen LogP contribution in [0.2, 0.25) is 0 Å². The van der Waals surface area contributed by atoms with Crippen molar-refractivity contribution in [3.8, 4) is 0 Å². The second-order valence-electron chi connectivity index (χ2n) is 14.6. The quantitative estimate of drug-likeness (QED) is 0.148. The number of likely N-dealkylation sites (tertiary alicyclic amines) is 1. The molecule has 2 aliphatic rings. The highest BCUT2D eigenvalue weighted by molar-refractivity contribution is 6.38. The number of amides is 5. The molecule has 4 rings (SSSR count). The normalized spacial score (nSPS) is 20.1. The summed E-state index contributed by atoms with van der Waals surface area (Å²) in [5.41, 5.74) is 0.691. The molecule has 53 heavy (non-hydrogen) atoms. The smallest absolute Gasteiger partial charge is 0.326 e. The van der Waals surface area contributed by atoms with Gasteiger partial charge in [0.05, 0.1) is 12.2 Å². The van der Waals surface area contributed by atoms with Gasteiger partial charge in [0.15, 0.2) is 0 Å². The summed E-state index contributed by atoms with van der Waals surface area (Å²) in [6, 6.07) is 3.07. The average Bonchev–Trinajstić information content (AvgIpc) is 3.74. The molecule has 2 aromatic rings. The number of carbonyl (C=O) groups excluding carboxylic acids is 6. The van der Waals surface area contributed by atoms with E-state index in [0.29, 0.717) is 18.4 Å². The van der Waals surface area contributed by atoms with Crippen molar-refractivity contribution in [1.29, 1.82) is 0 Å². The molecule has 0 bridgehead atoms. The van der Waals surface area contributed by atoms with Crippen LogP contribution in [0.15, 0.2) is 48.9 Å². The highest BCUT2D eigenvalue weighted by Crippen LogP contribution is 2.42. The summed E-state index contributed by atoms with van der Waals surface area (Å²) >= 11 is 0. The summed E-state index contributed by atoms with van der Waals surface area (Å²) in [5, 5.41) is 20.3. The van der Waals surface area contributed by atoms with Crippen molar-refractivity contribution in [2.75, 3.05) is 6.54 Å². The maximum absolute atomic E-state index is 14.3. The van der Waals surface area contributed by atoms with E-state index in [-0.39, 0.29) is 42.8 Å². The Kier molecular flexibility index (Phi) is 14.2. The molecule has 15 nitrogen and oxygen atoms in total. The van der Waals surface area contributed by atoms with Crippen LogP contribution in [0.4, 0.5) is 0 Å². The molecule has 1 aromatic carbocycles. The van der Waals surface area contributed by atoms with Crippen molar-refractivity contribution < 1.29 is 38.7 Å². The molecule has 1 aliphatic heterocycles. The highest BCUT2D eigenvalue weighted by Gasteiger charge is 2.51. The number of carboxylic acids is 1. The van der Waals surface area contributed by atoms with Crippen LogP contribution in [0.1, 0.15) is 82.8 Å². The summed E-state index contributed by atoms with van der Waals surface area (Å²) in [6.45, 7) is 9.13. The zero-order valence-corrected chi connectivity index (χ0v) is 30.9. The number of nitrogens with zero attached hydrogens (tertiary/aromatic N) is 3. The van der Waals surface area contributed by atoms with Crippen molar-refractivity contribution in [2.45, 2.75) is 103 Å². The third kappa shape index (κ3) is 10.2. The van der Waals surface area contributed by atoms with Gasteiger partial charge in [0.25, 0.3) is 11.8 Å². The number of hydrogen-bond acceptors (Lipinski definition) is 9. The number of aromatic nitrogens is 2. The molecule has 1 aliphatic carbocycles. The minimum absolute atomic E-state index is 0.0332. The second-order valence-corrected chi connectivity index (χ2v) is 14.6. The van der Waals surface area contributed by atoms with Gasteiger partial charge in [0.1, 0.15) is 29.9 Å². The van der Waals surface area contributed by atoms with Crippen LogP contribution >= 0.6 is 0 Å². The molecule has 1 unspecified atom stereocenters. The van der Waals surface area contributed by atoms with Gasteiger partial charge in [-0.15, -0.1) is 0 Å². The molecular formula is C38H51N7O8. The topological polar surface area (TPSA) is 217 Å². The van der Waals surface area contributed by atoms with E-state index in [1.807, 2.05) is 0 Å². The number of hydrogen-bond donors (Lipinski definition) is 5. The van der Waals surface area contributed by atoms with Crippen molar-refractivity contribution in [2.24, 2.45) is 23.7 Å². The Morgan fingerprint density at radius 3 is 2.17 bits per heavy atom. The number of nitrogens with one attached hydrogen (secondary N) is 4. The van der Waals surface area contributed by atoms with Crippen LogP contribution in [-0.2, 0) is 35.2 Å². The standard InChI is InChI=1S/C38H51N7O8/c1-6-11-26(32(46)36(50)42-27(38(52)53)18-23-12-8-7-9-13-23)41-35(49)31-25-15-10-14-24(25)20-45(31)37(51)30(22(4)5)44-34(48)29(21(2)3)43-33(47)28-19-39-16-17-40-28/h7-9,12-13,16-17,19,21-22,24-27,29-31H,6,10-11,14-15,18,20H2,1-5H3,(H,41,49)(H,42,50)(H,43,47)(H,44,48)(H,52,53)/t24-,25-,26?,27-,29+,30-,31-/m0/s1. The second kappa shape index (κ2) is 18.5. The molecular weight excluding hydrogens is 682 g/mol. The van der Waals surface area contributed by atoms with Gasteiger partial charge in [-0.1, -0.05) is 77.8 Å². The molecule has 1 saturated carbocycles. The molecule has 2 fully saturated rings. The Morgan fingerprint density at radius 2 is 1.57 bits per heavy atom. The van der Waals surface area contributed by atoms with Gasteiger partial charge in [-0.2, -0.15) is 0 Å². The third-order valence-electron chi connectivity index (χ3n) is 10.0. The SMILES string of the molecule is CCCC(NC(=O)[C@@H]1[C@H]2CCC[C@H]2CN1C(=O)[C@@H](NC(=O)[C@H](NC(=O)c1cnccn1)C(C)C)C(C)C)C(=O)C(=O)N[C@@H](Cc1ccccc1)C(=O)O. The lowest BCUT2D eigenvalue weighted by molar-refractivity contribution is -0.146. The maximum Gasteiger partial charge on any atom is 0.326 e. The monoisotopic (exact) mass is 733 g/mol. The van der Waals surface area contributed by atoms with Gasteiger partial charge >= 0.3 is 5.97 Å². The zero-order chi connectivity index (χ0) is 38.8. The fourth-order valence-corrected chi connectivity index (χ4v) is 7.22. The van der Waals surface area contributed by atoms with Crippen molar-refractivity contribution >= 4 is 41.3 Å². The fourth-order valence-electron chi connectivity index (χ4n) is 7.22. The Hall–Kier alpha value is -5.21. The lowest BCUT2D eigenvalue weighted by Crippen LogP contribution is -2.60. The lowest BCUT2D eigenvalue weighted by Gasteiger charge is -2.34. The van der Waals surface area contributed by atoms with Crippen LogP contribution in [-0.4, -0.2) is 98.0 Å². The van der Waals surface area contributed by atoms with Gasteiger partial charge in [-0.3, -0.25) is 33.8 Å². The van der Waals surface area contributed by atoms with Crippen molar-refractivity contribution in [3.05, 3.63) is 60.2 Å².